The maximum atomic E-state index is 12.3. The minimum absolute atomic E-state index is 0.0441. The zero-order valence-electron chi connectivity index (χ0n) is 16.9. The molecule has 7 heteroatoms. The van der Waals surface area contributed by atoms with Gasteiger partial charge in [-0.15, -0.1) is 11.8 Å². The molecule has 3 N–H and O–H groups in total. The van der Waals surface area contributed by atoms with Crippen LogP contribution in [0, 0.1) is 0 Å². The van der Waals surface area contributed by atoms with Gasteiger partial charge in [0.1, 0.15) is 5.75 Å². The molecular formula is C23H24ClN3O2S. The summed E-state index contributed by atoms with van der Waals surface area (Å²) < 4.78 is 0. The fourth-order valence-electron chi connectivity index (χ4n) is 2.96. The van der Waals surface area contributed by atoms with Crippen molar-refractivity contribution in [3.63, 3.8) is 0 Å². The second-order valence-electron chi connectivity index (χ2n) is 6.80. The average molecular weight is 442 g/mol. The van der Waals surface area contributed by atoms with Crippen LogP contribution in [0.3, 0.4) is 0 Å². The molecule has 1 aromatic heterocycles. The van der Waals surface area contributed by atoms with Crippen molar-refractivity contribution in [1.82, 2.24) is 4.98 Å². The van der Waals surface area contributed by atoms with Gasteiger partial charge in [0.2, 0.25) is 5.91 Å². The maximum Gasteiger partial charge on any atom is 0.228 e. The minimum Gasteiger partial charge on any atom is -0.506 e. The first-order chi connectivity index (χ1) is 14.4. The topological polar surface area (TPSA) is 74.2 Å². The molecule has 1 unspecified atom stereocenters. The Morgan fingerprint density at radius 1 is 1.17 bits per heavy atom. The second-order valence-corrected chi connectivity index (χ2v) is 8.57. The standard InChI is InChI=1S/C23H24ClN3O2S/c1-3-30-19-7-4-16(5-8-19)12-23(29)27-18-6-9-20(22(28)14-18)26-15(2)21-13-17(24)10-11-25-21/h4-11,13-15,26,28H,3,12H2,1-2H3,(H,27,29). The van der Waals surface area contributed by atoms with Crippen LogP contribution < -0.4 is 10.6 Å². The van der Waals surface area contributed by atoms with E-state index < -0.39 is 0 Å². The van der Waals surface area contributed by atoms with Crippen LogP contribution in [-0.4, -0.2) is 21.8 Å². The molecule has 0 spiro atoms. The SMILES string of the molecule is CCSc1ccc(CC(=O)Nc2ccc(NC(C)c3cc(Cl)ccn3)c(O)c2)cc1. The Labute approximate surface area is 185 Å². The van der Waals surface area contributed by atoms with Crippen molar-refractivity contribution in [2.24, 2.45) is 0 Å². The Balaban J connectivity index is 1.59. The van der Waals surface area contributed by atoms with Gasteiger partial charge in [0.25, 0.3) is 0 Å². The number of benzene rings is 2. The summed E-state index contributed by atoms with van der Waals surface area (Å²) in [5.41, 5.74) is 2.79. The summed E-state index contributed by atoms with van der Waals surface area (Å²) in [5.74, 6) is 0.924. The van der Waals surface area contributed by atoms with Crippen molar-refractivity contribution in [3.8, 4) is 5.75 Å². The van der Waals surface area contributed by atoms with Gasteiger partial charge < -0.3 is 15.7 Å². The van der Waals surface area contributed by atoms with Gasteiger partial charge in [-0.25, -0.2) is 0 Å². The number of hydrogen-bond acceptors (Lipinski definition) is 5. The lowest BCUT2D eigenvalue weighted by atomic mass is 10.1. The Morgan fingerprint density at radius 2 is 1.93 bits per heavy atom. The van der Waals surface area contributed by atoms with Crippen LogP contribution in [-0.2, 0) is 11.2 Å². The summed E-state index contributed by atoms with van der Waals surface area (Å²) >= 11 is 7.78. The molecule has 0 fully saturated rings. The Hall–Kier alpha value is -2.70. The molecule has 156 valence electrons. The number of amides is 1. The van der Waals surface area contributed by atoms with Gasteiger partial charge in [0, 0.05) is 27.9 Å². The maximum absolute atomic E-state index is 12.3. The number of carbonyl (C=O) groups is 1. The van der Waals surface area contributed by atoms with E-state index >= 15 is 0 Å². The van der Waals surface area contributed by atoms with E-state index in [0.717, 1.165) is 17.0 Å². The summed E-state index contributed by atoms with van der Waals surface area (Å²) in [6.45, 7) is 4.04. The van der Waals surface area contributed by atoms with Gasteiger partial charge in [0.15, 0.2) is 0 Å². The molecule has 1 amide bonds. The molecule has 3 rings (SSSR count). The van der Waals surface area contributed by atoms with Crippen LogP contribution in [0.1, 0.15) is 31.1 Å². The van der Waals surface area contributed by atoms with Gasteiger partial charge in [-0.1, -0.05) is 30.7 Å². The molecule has 0 saturated heterocycles. The van der Waals surface area contributed by atoms with Gasteiger partial charge in [-0.05, 0) is 54.6 Å². The van der Waals surface area contributed by atoms with Crippen LogP contribution in [0.25, 0.3) is 0 Å². The lowest BCUT2D eigenvalue weighted by Crippen LogP contribution is -2.14. The van der Waals surface area contributed by atoms with Crippen molar-refractivity contribution in [2.45, 2.75) is 31.2 Å². The van der Waals surface area contributed by atoms with Gasteiger partial charge in [-0.2, -0.15) is 0 Å². The predicted molar refractivity (Wildman–Crippen MR) is 125 cm³/mol. The molecule has 1 atom stereocenters. The van der Waals surface area contributed by atoms with E-state index in [0.29, 0.717) is 16.4 Å². The molecule has 0 radical (unpaired) electrons. The number of phenolic OH excluding ortho intramolecular Hbond substituents is 1. The summed E-state index contributed by atoms with van der Waals surface area (Å²) in [5, 5.41) is 17.0. The number of pyridine rings is 1. The number of thioether (sulfide) groups is 1. The molecule has 0 saturated carbocycles. The highest BCUT2D eigenvalue weighted by atomic mass is 35.5. The minimum atomic E-state index is -0.149. The number of halogens is 1. The predicted octanol–water partition coefficient (Wildman–Crippen LogP) is 5.91. The fraction of sp³-hybridized carbons (Fsp3) is 0.217. The summed E-state index contributed by atoms with van der Waals surface area (Å²) in [7, 11) is 0. The fourth-order valence-corrected chi connectivity index (χ4v) is 3.79. The molecule has 2 aromatic carbocycles. The smallest absolute Gasteiger partial charge is 0.228 e. The van der Waals surface area contributed by atoms with Crippen molar-refractivity contribution >= 4 is 40.6 Å². The first kappa shape index (κ1) is 22.0. The molecule has 0 aliphatic carbocycles. The first-order valence-corrected chi connectivity index (χ1v) is 11.0. The normalized spacial score (nSPS) is 11.7. The summed E-state index contributed by atoms with van der Waals surface area (Å²) in [6, 6.07) is 16.3. The highest BCUT2D eigenvalue weighted by molar-refractivity contribution is 7.99. The third-order valence-electron chi connectivity index (χ3n) is 4.44. The number of rotatable bonds is 8. The summed E-state index contributed by atoms with van der Waals surface area (Å²) in [4.78, 5) is 17.8. The lowest BCUT2D eigenvalue weighted by molar-refractivity contribution is -0.115. The highest BCUT2D eigenvalue weighted by Crippen LogP contribution is 2.30. The van der Waals surface area contributed by atoms with Crippen molar-refractivity contribution in [3.05, 3.63) is 77.1 Å². The molecular weight excluding hydrogens is 418 g/mol. The zero-order valence-corrected chi connectivity index (χ0v) is 18.4. The number of phenols is 1. The molecule has 5 nitrogen and oxygen atoms in total. The monoisotopic (exact) mass is 441 g/mol. The number of carbonyl (C=O) groups excluding carboxylic acids is 1. The number of nitrogens with one attached hydrogen (secondary N) is 2. The van der Waals surface area contributed by atoms with Crippen LogP contribution in [0.2, 0.25) is 5.02 Å². The number of aromatic hydroxyl groups is 1. The largest absolute Gasteiger partial charge is 0.506 e. The Bertz CT molecular complexity index is 1010. The van der Waals surface area contributed by atoms with E-state index in [1.807, 2.05) is 31.2 Å². The van der Waals surface area contributed by atoms with Gasteiger partial charge in [-0.3, -0.25) is 9.78 Å². The zero-order chi connectivity index (χ0) is 21.5. The van der Waals surface area contributed by atoms with E-state index in [2.05, 4.69) is 22.5 Å². The Morgan fingerprint density at radius 3 is 2.60 bits per heavy atom. The molecule has 0 aliphatic heterocycles. The van der Waals surface area contributed by atoms with Crippen LogP contribution in [0.5, 0.6) is 5.75 Å². The first-order valence-electron chi connectivity index (χ1n) is 9.67. The van der Waals surface area contributed by atoms with Gasteiger partial charge >= 0.3 is 0 Å². The number of nitrogens with zero attached hydrogens (tertiary/aromatic N) is 1. The van der Waals surface area contributed by atoms with Gasteiger partial charge in [0.05, 0.1) is 23.8 Å². The quantitative estimate of drug-likeness (QED) is 0.299. The summed E-state index contributed by atoms with van der Waals surface area (Å²) in [6.07, 6.45) is 1.92. The van der Waals surface area contributed by atoms with Crippen molar-refractivity contribution in [1.29, 1.82) is 0 Å². The second kappa shape index (κ2) is 10.4. The van der Waals surface area contributed by atoms with Crippen molar-refractivity contribution in [2.75, 3.05) is 16.4 Å². The molecule has 30 heavy (non-hydrogen) atoms. The van der Waals surface area contributed by atoms with Crippen LogP contribution in [0.4, 0.5) is 11.4 Å². The third-order valence-corrected chi connectivity index (χ3v) is 5.57. The van der Waals surface area contributed by atoms with E-state index in [1.165, 1.54) is 11.0 Å². The molecule has 3 aromatic rings. The van der Waals surface area contributed by atoms with E-state index in [1.54, 1.807) is 42.2 Å². The van der Waals surface area contributed by atoms with E-state index in [4.69, 9.17) is 11.6 Å². The van der Waals surface area contributed by atoms with E-state index in [9.17, 15) is 9.90 Å². The number of anilines is 2. The average Bonchev–Trinajstić information content (AvgIpc) is 2.71. The van der Waals surface area contributed by atoms with Crippen LogP contribution >= 0.6 is 23.4 Å². The lowest BCUT2D eigenvalue weighted by Gasteiger charge is -2.17. The molecule has 0 aliphatic rings. The number of aromatic nitrogens is 1. The van der Waals surface area contributed by atoms with E-state index in [-0.39, 0.29) is 24.1 Å². The molecule has 0 bridgehead atoms. The Kier molecular flexibility index (Phi) is 7.60. The van der Waals surface area contributed by atoms with Crippen LogP contribution in [0.15, 0.2) is 65.7 Å². The van der Waals surface area contributed by atoms with Crippen molar-refractivity contribution < 1.29 is 9.90 Å². The number of hydrogen-bond donors (Lipinski definition) is 3. The highest BCUT2D eigenvalue weighted by Gasteiger charge is 2.12. The molecule has 1 heterocycles. The third kappa shape index (κ3) is 6.15.